The van der Waals surface area contributed by atoms with Gasteiger partial charge < -0.3 is 14.2 Å². The van der Waals surface area contributed by atoms with Crippen molar-refractivity contribution in [3.05, 3.63) is 0 Å². The quantitative estimate of drug-likeness (QED) is 0.0690. The summed E-state index contributed by atoms with van der Waals surface area (Å²) in [6, 6.07) is 0. The second-order valence-electron chi connectivity index (χ2n) is 10.5. The molecule has 1 aliphatic heterocycles. The molecule has 2 unspecified atom stereocenters. The largest absolute Gasteiger partial charge is 0.466 e. The average Bonchev–Trinajstić information content (AvgIpc) is 3.27. The van der Waals surface area contributed by atoms with E-state index in [0.717, 1.165) is 49.5 Å². The number of rotatable bonds is 20. The van der Waals surface area contributed by atoms with Gasteiger partial charge in [-0.3, -0.25) is 9.59 Å². The van der Waals surface area contributed by atoms with Crippen LogP contribution in [0.2, 0.25) is 0 Å². The van der Waals surface area contributed by atoms with Gasteiger partial charge in [-0.2, -0.15) is 25.3 Å². The average molecular weight is 569 g/mol. The van der Waals surface area contributed by atoms with Crippen molar-refractivity contribution in [2.24, 2.45) is 0 Å². The minimum Gasteiger partial charge on any atom is -0.466 e. The number of esters is 2. The zero-order valence-electron chi connectivity index (χ0n) is 22.2. The summed E-state index contributed by atoms with van der Waals surface area (Å²) < 4.78 is 17.1. The summed E-state index contributed by atoms with van der Waals surface area (Å²) in [5.41, 5.74) is -0.985. The first-order chi connectivity index (χ1) is 16.5. The Kier molecular flexibility index (Phi) is 17.6. The van der Waals surface area contributed by atoms with Crippen LogP contribution in [0.4, 0.5) is 0 Å². The molecule has 0 aromatic heterocycles. The van der Waals surface area contributed by atoms with E-state index in [0.29, 0.717) is 44.1 Å². The van der Waals surface area contributed by atoms with Gasteiger partial charge in [-0.1, -0.05) is 34.4 Å². The van der Waals surface area contributed by atoms with Gasteiger partial charge in [0.25, 0.3) is 0 Å². The van der Waals surface area contributed by atoms with Crippen LogP contribution >= 0.6 is 46.8 Å². The Balaban J connectivity index is 2.11. The van der Waals surface area contributed by atoms with Crippen LogP contribution in [0.25, 0.3) is 0 Å². The van der Waals surface area contributed by atoms with Crippen molar-refractivity contribution in [1.82, 2.24) is 0 Å². The molecule has 1 aliphatic rings. The molecule has 0 spiro atoms. The highest BCUT2D eigenvalue weighted by Crippen LogP contribution is 2.39. The molecule has 1 fully saturated rings. The molecular formula is C26H48O5S4. The fourth-order valence-electron chi connectivity index (χ4n) is 3.69. The van der Waals surface area contributed by atoms with E-state index in [4.69, 9.17) is 14.2 Å². The molecule has 0 saturated carbocycles. The first-order valence-corrected chi connectivity index (χ1v) is 16.6. The summed E-state index contributed by atoms with van der Waals surface area (Å²) in [5, 5.41) is 1.12. The molecule has 5 nitrogen and oxygen atoms in total. The van der Waals surface area contributed by atoms with Gasteiger partial charge in [0.05, 0.1) is 18.8 Å². The molecule has 1 heterocycles. The zero-order chi connectivity index (χ0) is 26.2. The van der Waals surface area contributed by atoms with Crippen LogP contribution in [0.5, 0.6) is 0 Å². The van der Waals surface area contributed by atoms with Gasteiger partial charge in [-0.25, -0.2) is 0 Å². The van der Waals surface area contributed by atoms with Gasteiger partial charge >= 0.3 is 11.9 Å². The number of unbranched alkanes of at least 4 members (excludes halogenated alkanes) is 2. The second-order valence-corrected chi connectivity index (χ2v) is 14.5. The maximum Gasteiger partial charge on any atom is 0.306 e. The summed E-state index contributed by atoms with van der Waals surface area (Å²) >= 11 is 8.75. The van der Waals surface area contributed by atoms with Crippen LogP contribution in [-0.4, -0.2) is 58.4 Å². The SMILES string of the molecule is CC(C)(CCOC(=O)CCCCC1CCSS1)OCCC(C)(C)OC(=O)CCCCC(S)CCS. The first-order valence-electron chi connectivity index (χ1n) is 13.1. The highest BCUT2D eigenvalue weighted by atomic mass is 33.1. The molecule has 0 aliphatic carbocycles. The van der Waals surface area contributed by atoms with E-state index in [-0.39, 0.29) is 11.9 Å². The molecule has 2 atom stereocenters. The van der Waals surface area contributed by atoms with Crippen molar-refractivity contribution in [2.45, 2.75) is 126 Å². The van der Waals surface area contributed by atoms with Crippen molar-refractivity contribution in [3.8, 4) is 0 Å². The lowest BCUT2D eigenvalue weighted by atomic mass is 10.0. The Hall–Kier alpha value is 0.300. The van der Waals surface area contributed by atoms with Crippen LogP contribution in [0, 0.1) is 0 Å². The maximum absolute atomic E-state index is 12.2. The standard InChI is InChI=1S/C26H48O5S4/c1-25(2,15-17-29-23(27)11-8-6-10-22-14-20-34-35-22)30-18-16-26(3,4)31-24(28)12-7-5-9-21(33)13-19-32/h21-22,32-33H,5-20H2,1-4H3. The highest BCUT2D eigenvalue weighted by Gasteiger charge is 2.25. The van der Waals surface area contributed by atoms with E-state index >= 15 is 0 Å². The molecule has 1 saturated heterocycles. The van der Waals surface area contributed by atoms with Gasteiger partial charge in [0, 0.05) is 41.9 Å². The van der Waals surface area contributed by atoms with E-state index in [9.17, 15) is 9.59 Å². The van der Waals surface area contributed by atoms with Crippen molar-refractivity contribution in [1.29, 1.82) is 0 Å². The molecule has 0 amide bonds. The highest BCUT2D eigenvalue weighted by molar-refractivity contribution is 8.77. The molecule has 9 heteroatoms. The third kappa shape index (κ3) is 18.2. The van der Waals surface area contributed by atoms with Crippen LogP contribution in [0.15, 0.2) is 0 Å². The Morgan fingerprint density at radius 2 is 1.63 bits per heavy atom. The van der Waals surface area contributed by atoms with Crippen molar-refractivity contribution >= 4 is 58.8 Å². The monoisotopic (exact) mass is 568 g/mol. The number of hydrogen-bond donors (Lipinski definition) is 2. The smallest absolute Gasteiger partial charge is 0.306 e. The fourth-order valence-corrected chi connectivity index (χ4v) is 7.54. The lowest BCUT2D eigenvalue weighted by Crippen LogP contribution is -2.33. The van der Waals surface area contributed by atoms with Gasteiger partial charge in [0.2, 0.25) is 0 Å². The molecule has 35 heavy (non-hydrogen) atoms. The number of carbonyl (C=O) groups is 2. The summed E-state index contributed by atoms with van der Waals surface area (Å²) in [5.74, 6) is 1.82. The van der Waals surface area contributed by atoms with Gasteiger partial charge in [-0.05, 0) is 72.0 Å². The van der Waals surface area contributed by atoms with Gasteiger partial charge in [0.1, 0.15) is 5.60 Å². The summed E-state index contributed by atoms with van der Waals surface area (Å²) in [6.07, 6.45) is 10.4. The molecule has 0 aromatic carbocycles. The normalized spacial score (nSPS) is 17.4. The Morgan fingerprint density at radius 3 is 2.31 bits per heavy atom. The van der Waals surface area contributed by atoms with E-state index in [1.54, 1.807) is 0 Å². The number of carbonyl (C=O) groups excluding carboxylic acids is 2. The Morgan fingerprint density at radius 1 is 0.943 bits per heavy atom. The fraction of sp³-hybridized carbons (Fsp3) is 0.923. The number of ether oxygens (including phenoxy) is 3. The molecule has 0 N–H and O–H groups in total. The minimum atomic E-state index is -0.576. The van der Waals surface area contributed by atoms with Gasteiger partial charge in [-0.15, -0.1) is 0 Å². The van der Waals surface area contributed by atoms with E-state index < -0.39 is 11.2 Å². The molecular weight excluding hydrogens is 521 g/mol. The predicted molar refractivity (Wildman–Crippen MR) is 157 cm³/mol. The van der Waals surface area contributed by atoms with Gasteiger partial charge in [0.15, 0.2) is 0 Å². The third-order valence-corrected chi connectivity index (χ3v) is 9.85. The zero-order valence-corrected chi connectivity index (χ0v) is 25.6. The molecule has 1 rings (SSSR count). The topological polar surface area (TPSA) is 61.8 Å². The second kappa shape index (κ2) is 18.5. The van der Waals surface area contributed by atoms with E-state index in [1.807, 2.05) is 49.3 Å². The van der Waals surface area contributed by atoms with Crippen LogP contribution in [0.1, 0.15) is 105 Å². The van der Waals surface area contributed by atoms with Crippen LogP contribution < -0.4 is 0 Å². The molecule has 206 valence electrons. The van der Waals surface area contributed by atoms with E-state index in [1.165, 1.54) is 18.6 Å². The molecule has 0 aromatic rings. The van der Waals surface area contributed by atoms with Crippen LogP contribution in [-0.2, 0) is 23.8 Å². The summed E-state index contributed by atoms with van der Waals surface area (Å²) in [4.78, 5) is 24.2. The third-order valence-electron chi connectivity index (χ3n) is 6.07. The number of hydrogen-bond acceptors (Lipinski definition) is 9. The van der Waals surface area contributed by atoms with Crippen molar-refractivity contribution in [3.63, 3.8) is 0 Å². The van der Waals surface area contributed by atoms with Crippen molar-refractivity contribution in [2.75, 3.05) is 24.7 Å². The summed E-state index contributed by atoms with van der Waals surface area (Å²) in [7, 11) is 3.95. The minimum absolute atomic E-state index is 0.117. The van der Waals surface area contributed by atoms with Crippen LogP contribution in [0.3, 0.4) is 0 Å². The predicted octanol–water partition coefficient (Wildman–Crippen LogP) is 7.32. The Labute approximate surface area is 232 Å². The molecule has 0 radical (unpaired) electrons. The molecule has 0 bridgehead atoms. The lowest BCUT2D eigenvalue weighted by Gasteiger charge is -2.29. The van der Waals surface area contributed by atoms with E-state index in [2.05, 4.69) is 25.3 Å². The lowest BCUT2D eigenvalue weighted by molar-refractivity contribution is -0.159. The van der Waals surface area contributed by atoms with Crippen molar-refractivity contribution < 1.29 is 23.8 Å². The Bertz CT molecular complexity index is 594. The number of thiol groups is 2. The summed E-state index contributed by atoms with van der Waals surface area (Å²) in [6.45, 7) is 8.68. The first kappa shape index (κ1) is 33.3. The maximum atomic E-state index is 12.2.